The summed E-state index contributed by atoms with van der Waals surface area (Å²) in [5.41, 5.74) is 3.79. The number of aryl methyl sites for hydroxylation is 2. The van der Waals surface area contributed by atoms with Crippen molar-refractivity contribution in [2.75, 3.05) is 46.5 Å². The summed E-state index contributed by atoms with van der Waals surface area (Å²) in [4.78, 5) is 44.8. The Labute approximate surface area is 188 Å². The maximum Gasteiger partial charge on any atom is 0.340 e. The zero-order chi connectivity index (χ0) is 23.3. The Morgan fingerprint density at radius 1 is 0.938 bits per heavy atom. The van der Waals surface area contributed by atoms with Gasteiger partial charge in [-0.2, -0.15) is 0 Å². The summed E-state index contributed by atoms with van der Waals surface area (Å²) in [5, 5.41) is 0. The highest BCUT2D eigenvalue weighted by Gasteiger charge is 2.29. The van der Waals surface area contributed by atoms with Crippen LogP contribution in [-0.4, -0.2) is 79.1 Å². The molecule has 1 N–H and O–H groups in total. The number of benzene rings is 1. The van der Waals surface area contributed by atoms with E-state index in [1.54, 1.807) is 23.6 Å². The van der Waals surface area contributed by atoms with Gasteiger partial charge in [-0.25, -0.2) is 4.79 Å². The van der Waals surface area contributed by atoms with Gasteiger partial charge in [-0.05, 0) is 43.5 Å². The highest BCUT2D eigenvalue weighted by atomic mass is 16.6. The molecule has 1 aliphatic heterocycles. The van der Waals surface area contributed by atoms with Gasteiger partial charge in [-0.3, -0.25) is 9.59 Å². The van der Waals surface area contributed by atoms with Crippen molar-refractivity contribution in [1.82, 2.24) is 14.8 Å². The lowest BCUT2D eigenvalue weighted by Crippen LogP contribution is -2.50. The summed E-state index contributed by atoms with van der Waals surface area (Å²) in [7, 11) is 1.53. The fourth-order valence-electron chi connectivity index (χ4n) is 3.90. The van der Waals surface area contributed by atoms with Crippen LogP contribution in [-0.2, 0) is 15.9 Å². The fraction of sp³-hybridized carbons (Fsp3) is 0.458. The van der Waals surface area contributed by atoms with Crippen molar-refractivity contribution in [2.45, 2.75) is 27.2 Å². The summed E-state index contributed by atoms with van der Waals surface area (Å²) in [5.74, 6) is -0.675. The summed E-state index contributed by atoms with van der Waals surface area (Å²) < 4.78 is 10.1. The molecule has 172 valence electrons. The van der Waals surface area contributed by atoms with Crippen molar-refractivity contribution >= 4 is 17.8 Å². The third-order valence-electron chi connectivity index (χ3n) is 5.84. The maximum atomic E-state index is 13.1. The van der Waals surface area contributed by atoms with Crippen molar-refractivity contribution < 1.29 is 23.9 Å². The van der Waals surface area contributed by atoms with Crippen molar-refractivity contribution in [1.29, 1.82) is 0 Å². The third kappa shape index (κ3) is 5.02. The van der Waals surface area contributed by atoms with Crippen LogP contribution in [0.15, 0.2) is 24.3 Å². The van der Waals surface area contributed by atoms with E-state index in [1.165, 1.54) is 12.7 Å². The number of nitrogens with one attached hydrogen (secondary N) is 1. The molecule has 1 fully saturated rings. The number of H-pyrrole nitrogens is 1. The van der Waals surface area contributed by atoms with Crippen molar-refractivity contribution in [3.05, 3.63) is 57.9 Å². The molecule has 2 heterocycles. The predicted octanol–water partition coefficient (Wildman–Crippen LogP) is 2.60. The Balaban J connectivity index is 1.63. The zero-order valence-electron chi connectivity index (χ0n) is 19.2. The molecule has 0 saturated carbocycles. The fourth-order valence-corrected chi connectivity index (χ4v) is 3.90. The molecular formula is C24H31N3O5. The molecule has 8 heteroatoms. The number of nitrogens with zero attached hydrogens (tertiary/aromatic N) is 2. The lowest BCUT2D eigenvalue weighted by Gasteiger charge is -2.34. The van der Waals surface area contributed by atoms with E-state index in [0.29, 0.717) is 60.9 Å². The summed E-state index contributed by atoms with van der Waals surface area (Å²) in [6, 6.07) is 7.66. The minimum Gasteiger partial charge on any atom is -0.460 e. The van der Waals surface area contributed by atoms with E-state index in [1.807, 2.05) is 24.3 Å². The van der Waals surface area contributed by atoms with E-state index in [-0.39, 0.29) is 18.4 Å². The Hall–Kier alpha value is -3.13. The van der Waals surface area contributed by atoms with Gasteiger partial charge in [0, 0.05) is 44.5 Å². The van der Waals surface area contributed by atoms with Gasteiger partial charge in [-0.15, -0.1) is 0 Å². The average Bonchev–Trinajstić information content (AvgIpc) is 3.12. The Morgan fingerprint density at radius 3 is 2.09 bits per heavy atom. The standard InChI is InChI=1S/C24H31N3O5/c1-5-18-6-8-19(9-7-18)22(28)26-10-12-27(13-11-26)23(29)21-16(2)20(17(3)25-21)24(30)32-15-14-31-4/h6-9,25H,5,10-15H2,1-4H3. The number of rotatable bonds is 7. The number of piperazine rings is 1. The minimum atomic E-state index is -0.475. The zero-order valence-corrected chi connectivity index (χ0v) is 19.2. The van der Waals surface area contributed by atoms with Gasteiger partial charge in [-0.1, -0.05) is 19.1 Å². The molecule has 1 saturated heterocycles. The minimum absolute atomic E-state index is 0.0206. The topological polar surface area (TPSA) is 91.9 Å². The van der Waals surface area contributed by atoms with Gasteiger partial charge < -0.3 is 24.3 Å². The quantitative estimate of drug-likeness (QED) is 0.527. The second kappa shape index (κ2) is 10.5. The Bertz CT molecular complexity index is 972. The molecule has 0 radical (unpaired) electrons. The van der Waals surface area contributed by atoms with Crippen molar-refractivity contribution in [3.63, 3.8) is 0 Å². The molecule has 0 atom stereocenters. The molecule has 0 spiro atoms. The molecule has 1 aliphatic rings. The van der Waals surface area contributed by atoms with Crippen LogP contribution in [0.4, 0.5) is 0 Å². The van der Waals surface area contributed by atoms with Crippen LogP contribution in [0.5, 0.6) is 0 Å². The van der Waals surface area contributed by atoms with E-state index >= 15 is 0 Å². The number of hydrogen-bond acceptors (Lipinski definition) is 5. The number of esters is 1. The third-order valence-corrected chi connectivity index (χ3v) is 5.84. The van der Waals surface area contributed by atoms with Crippen LogP contribution < -0.4 is 0 Å². The number of amides is 2. The van der Waals surface area contributed by atoms with Gasteiger partial charge in [0.2, 0.25) is 0 Å². The number of aromatic nitrogens is 1. The number of ether oxygens (including phenoxy) is 2. The van der Waals surface area contributed by atoms with Gasteiger partial charge in [0.05, 0.1) is 12.2 Å². The monoisotopic (exact) mass is 441 g/mol. The molecule has 1 aromatic carbocycles. The Kier molecular flexibility index (Phi) is 7.69. The van der Waals surface area contributed by atoms with Crippen molar-refractivity contribution in [2.24, 2.45) is 0 Å². The summed E-state index contributed by atoms with van der Waals surface area (Å²) >= 11 is 0. The highest BCUT2D eigenvalue weighted by Crippen LogP contribution is 2.21. The molecule has 32 heavy (non-hydrogen) atoms. The van der Waals surface area contributed by atoms with Crippen LogP contribution in [0, 0.1) is 13.8 Å². The van der Waals surface area contributed by atoms with Gasteiger partial charge in [0.1, 0.15) is 12.3 Å². The number of hydrogen-bond donors (Lipinski definition) is 1. The molecule has 0 aliphatic carbocycles. The average molecular weight is 442 g/mol. The summed E-state index contributed by atoms with van der Waals surface area (Å²) in [6.45, 7) is 7.82. The van der Waals surface area contributed by atoms with Crippen molar-refractivity contribution in [3.8, 4) is 0 Å². The second-order valence-corrected chi connectivity index (χ2v) is 7.89. The first-order valence-electron chi connectivity index (χ1n) is 10.9. The van der Waals surface area contributed by atoms with Gasteiger partial charge >= 0.3 is 5.97 Å². The van der Waals surface area contributed by atoms with Crippen LogP contribution in [0.2, 0.25) is 0 Å². The summed E-state index contributed by atoms with van der Waals surface area (Å²) in [6.07, 6.45) is 0.930. The largest absolute Gasteiger partial charge is 0.460 e. The molecular weight excluding hydrogens is 410 g/mol. The number of carbonyl (C=O) groups is 3. The first kappa shape index (κ1) is 23.5. The molecule has 1 aromatic heterocycles. The second-order valence-electron chi connectivity index (χ2n) is 7.89. The molecule has 0 bridgehead atoms. The Morgan fingerprint density at radius 2 is 1.53 bits per heavy atom. The van der Waals surface area contributed by atoms with E-state index in [4.69, 9.17) is 9.47 Å². The van der Waals surface area contributed by atoms with E-state index in [9.17, 15) is 14.4 Å². The molecule has 0 unspecified atom stereocenters. The number of aromatic amines is 1. The molecule has 3 rings (SSSR count). The van der Waals surface area contributed by atoms with E-state index in [2.05, 4.69) is 11.9 Å². The number of methoxy groups -OCH3 is 1. The normalized spacial score (nSPS) is 13.9. The van der Waals surface area contributed by atoms with Crippen LogP contribution in [0.25, 0.3) is 0 Å². The molecule has 2 aromatic rings. The van der Waals surface area contributed by atoms with Gasteiger partial charge in [0.15, 0.2) is 0 Å². The van der Waals surface area contributed by atoms with Gasteiger partial charge in [0.25, 0.3) is 11.8 Å². The van der Waals surface area contributed by atoms with E-state index in [0.717, 1.165) is 6.42 Å². The number of carbonyl (C=O) groups excluding carboxylic acids is 3. The highest BCUT2D eigenvalue weighted by molar-refractivity contribution is 6.00. The first-order valence-corrected chi connectivity index (χ1v) is 10.9. The lowest BCUT2D eigenvalue weighted by molar-refractivity contribution is 0.0386. The van der Waals surface area contributed by atoms with Crippen LogP contribution in [0.3, 0.4) is 0 Å². The maximum absolute atomic E-state index is 13.1. The van der Waals surface area contributed by atoms with Crippen LogP contribution >= 0.6 is 0 Å². The van der Waals surface area contributed by atoms with Crippen LogP contribution in [0.1, 0.15) is 54.9 Å². The predicted molar refractivity (Wildman–Crippen MR) is 120 cm³/mol. The molecule has 2 amide bonds. The smallest absolute Gasteiger partial charge is 0.340 e. The SMILES string of the molecule is CCc1ccc(C(=O)N2CCN(C(=O)c3[nH]c(C)c(C(=O)OCCOC)c3C)CC2)cc1. The first-order chi connectivity index (χ1) is 15.4. The lowest BCUT2D eigenvalue weighted by atomic mass is 10.1. The molecule has 8 nitrogen and oxygen atoms in total. The van der Waals surface area contributed by atoms with E-state index < -0.39 is 5.97 Å².